The highest BCUT2D eigenvalue weighted by Gasteiger charge is 2.17. The Morgan fingerprint density at radius 2 is 2.15 bits per heavy atom. The van der Waals surface area contributed by atoms with Crippen molar-refractivity contribution in [1.29, 1.82) is 0 Å². The highest BCUT2D eigenvalue weighted by Crippen LogP contribution is 2.27. The second-order valence-electron chi connectivity index (χ2n) is 5.33. The third-order valence-corrected chi connectivity index (χ3v) is 3.95. The van der Waals surface area contributed by atoms with E-state index in [2.05, 4.69) is 63.4 Å². The maximum Gasteiger partial charge on any atom is 0.168 e. The van der Waals surface area contributed by atoms with Crippen molar-refractivity contribution in [3.05, 3.63) is 53.2 Å². The Hall–Kier alpha value is -2.20. The van der Waals surface area contributed by atoms with Gasteiger partial charge in [-0.1, -0.05) is 18.2 Å². The van der Waals surface area contributed by atoms with Crippen molar-refractivity contribution in [2.45, 2.75) is 19.9 Å². The number of aryl methyl sites for hydroxylation is 1. The van der Waals surface area contributed by atoms with E-state index >= 15 is 0 Å². The molecule has 100 valence electrons. The van der Waals surface area contributed by atoms with Crippen LogP contribution in [0.3, 0.4) is 0 Å². The molecule has 4 heteroatoms. The molecule has 0 spiro atoms. The van der Waals surface area contributed by atoms with Crippen LogP contribution in [-0.2, 0) is 13.0 Å². The van der Waals surface area contributed by atoms with Crippen LogP contribution in [0.15, 0.2) is 36.5 Å². The number of nitrogens with zero attached hydrogens (tertiary/aromatic N) is 3. The molecule has 0 radical (unpaired) electrons. The van der Waals surface area contributed by atoms with Gasteiger partial charge in [-0.05, 0) is 48.7 Å². The minimum absolute atomic E-state index is 0.909. The zero-order valence-corrected chi connectivity index (χ0v) is 11.4. The van der Waals surface area contributed by atoms with Gasteiger partial charge in [-0.25, -0.2) is 0 Å². The smallest absolute Gasteiger partial charge is 0.168 e. The molecule has 0 unspecified atom stereocenters. The van der Waals surface area contributed by atoms with Crippen molar-refractivity contribution in [3.8, 4) is 11.4 Å². The Kier molecular flexibility index (Phi) is 2.57. The topological polar surface area (TPSA) is 42.2 Å². The fourth-order valence-electron chi connectivity index (χ4n) is 2.92. The molecule has 4 nitrogen and oxygen atoms in total. The molecule has 3 aromatic rings. The molecule has 1 aliphatic heterocycles. The lowest BCUT2D eigenvalue weighted by Crippen LogP contribution is -2.24. The number of rotatable bonds is 1. The van der Waals surface area contributed by atoms with E-state index in [4.69, 9.17) is 0 Å². The molecule has 1 aliphatic rings. The molecular weight excluding hydrogens is 248 g/mol. The molecule has 1 N–H and O–H groups in total. The number of aromatic nitrogens is 3. The summed E-state index contributed by atoms with van der Waals surface area (Å²) in [4.78, 5) is 0. The monoisotopic (exact) mass is 264 g/mol. The summed E-state index contributed by atoms with van der Waals surface area (Å²) in [5, 5.41) is 12.1. The minimum Gasteiger partial charge on any atom is -0.312 e. The molecular formula is C16H16N4. The quantitative estimate of drug-likeness (QED) is 0.733. The van der Waals surface area contributed by atoms with E-state index in [9.17, 15) is 0 Å². The summed E-state index contributed by atoms with van der Waals surface area (Å²) >= 11 is 0. The van der Waals surface area contributed by atoms with Gasteiger partial charge in [-0.2, -0.15) is 0 Å². The van der Waals surface area contributed by atoms with E-state index in [1.54, 1.807) is 0 Å². The van der Waals surface area contributed by atoms with Gasteiger partial charge in [0.25, 0.3) is 0 Å². The Morgan fingerprint density at radius 1 is 1.20 bits per heavy atom. The summed E-state index contributed by atoms with van der Waals surface area (Å²) in [6, 6.07) is 10.6. The number of fused-ring (bicyclic) bond motifs is 2. The Balaban J connectivity index is 1.95. The second kappa shape index (κ2) is 4.42. The van der Waals surface area contributed by atoms with E-state index in [0.717, 1.165) is 31.0 Å². The van der Waals surface area contributed by atoms with Crippen LogP contribution in [0.2, 0.25) is 0 Å². The van der Waals surface area contributed by atoms with E-state index in [-0.39, 0.29) is 0 Å². The van der Waals surface area contributed by atoms with E-state index in [0.29, 0.717) is 0 Å². The lowest BCUT2D eigenvalue weighted by molar-refractivity contribution is 0.644. The van der Waals surface area contributed by atoms with Gasteiger partial charge in [-0.15, -0.1) is 10.2 Å². The number of pyridine rings is 1. The molecule has 0 atom stereocenters. The van der Waals surface area contributed by atoms with Crippen molar-refractivity contribution >= 4 is 5.65 Å². The SMILES string of the molecule is Cc1ccn2c(-c3cccc4c3CCNC4)nnc2c1. The van der Waals surface area contributed by atoms with Crippen LogP contribution in [0, 0.1) is 6.92 Å². The number of nitrogens with one attached hydrogen (secondary N) is 1. The third kappa shape index (κ3) is 1.72. The molecule has 0 bridgehead atoms. The van der Waals surface area contributed by atoms with Crippen LogP contribution in [0.4, 0.5) is 0 Å². The van der Waals surface area contributed by atoms with E-state index in [1.165, 1.54) is 22.3 Å². The van der Waals surface area contributed by atoms with Crippen molar-refractivity contribution in [3.63, 3.8) is 0 Å². The zero-order chi connectivity index (χ0) is 13.5. The maximum absolute atomic E-state index is 4.41. The molecule has 0 saturated heterocycles. The average Bonchev–Trinajstić information content (AvgIpc) is 2.89. The predicted molar refractivity (Wildman–Crippen MR) is 78.6 cm³/mol. The normalized spacial score (nSPS) is 14.4. The van der Waals surface area contributed by atoms with Crippen molar-refractivity contribution < 1.29 is 0 Å². The Labute approximate surface area is 117 Å². The number of benzene rings is 1. The van der Waals surface area contributed by atoms with Crippen molar-refractivity contribution in [2.24, 2.45) is 0 Å². The largest absolute Gasteiger partial charge is 0.312 e. The van der Waals surface area contributed by atoms with Crippen molar-refractivity contribution in [2.75, 3.05) is 6.54 Å². The Bertz CT molecular complexity index is 788. The first-order valence-electron chi connectivity index (χ1n) is 6.96. The van der Waals surface area contributed by atoms with E-state index in [1.807, 2.05) is 0 Å². The predicted octanol–water partition coefficient (Wildman–Crippen LogP) is 2.35. The highest BCUT2D eigenvalue weighted by molar-refractivity contribution is 5.65. The molecule has 0 amide bonds. The van der Waals surface area contributed by atoms with Gasteiger partial charge in [0, 0.05) is 18.3 Å². The first-order valence-corrected chi connectivity index (χ1v) is 6.96. The standard InChI is InChI=1S/C16H16N4/c1-11-6-8-20-15(9-11)18-19-16(20)14-4-2-3-12-10-17-7-5-13(12)14/h2-4,6,8-9,17H,5,7,10H2,1H3. The second-order valence-corrected chi connectivity index (χ2v) is 5.33. The molecule has 0 aliphatic carbocycles. The zero-order valence-electron chi connectivity index (χ0n) is 11.4. The molecule has 4 rings (SSSR count). The van der Waals surface area contributed by atoms with Crippen LogP contribution < -0.4 is 5.32 Å². The average molecular weight is 264 g/mol. The van der Waals surface area contributed by atoms with Gasteiger partial charge in [0.1, 0.15) is 0 Å². The van der Waals surface area contributed by atoms with Crippen LogP contribution in [0.5, 0.6) is 0 Å². The lowest BCUT2D eigenvalue weighted by Gasteiger charge is -2.19. The molecule has 2 aromatic heterocycles. The fraction of sp³-hybridized carbons (Fsp3) is 0.250. The summed E-state index contributed by atoms with van der Waals surface area (Å²) in [6.07, 6.45) is 3.10. The maximum atomic E-state index is 4.41. The molecule has 0 fully saturated rings. The van der Waals surface area contributed by atoms with Crippen LogP contribution in [0.25, 0.3) is 17.0 Å². The molecule has 20 heavy (non-hydrogen) atoms. The van der Waals surface area contributed by atoms with Gasteiger partial charge in [0.05, 0.1) is 0 Å². The first kappa shape index (κ1) is 11.6. The van der Waals surface area contributed by atoms with Gasteiger partial charge >= 0.3 is 0 Å². The Morgan fingerprint density at radius 3 is 3.10 bits per heavy atom. The van der Waals surface area contributed by atoms with Gasteiger partial charge < -0.3 is 5.32 Å². The minimum atomic E-state index is 0.909. The summed E-state index contributed by atoms with van der Waals surface area (Å²) in [5.74, 6) is 0.943. The van der Waals surface area contributed by atoms with Crippen LogP contribution in [-0.4, -0.2) is 21.1 Å². The summed E-state index contributed by atoms with van der Waals surface area (Å²) in [7, 11) is 0. The number of hydrogen-bond donors (Lipinski definition) is 1. The van der Waals surface area contributed by atoms with E-state index < -0.39 is 0 Å². The van der Waals surface area contributed by atoms with Crippen LogP contribution >= 0.6 is 0 Å². The number of hydrogen-bond acceptors (Lipinski definition) is 3. The molecule has 3 heterocycles. The molecule has 1 aromatic carbocycles. The highest BCUT2D eigenvalue weighted by atomic mass is 15.2. The first-order chi connectivity index (χ1) is 9.83. The lowest BCUT2D eigenvalue weighted by atomic mass is 9.95. The summed E-state index contributed by atoms with van der Waals surface area (Å²) in [5.41, 5.74) is 6.10. The van der Waals surface area contributed by atoms with Crippen molar-refractivity contribution in [1.82, 2.24) is 19.9 Å². The van der Waals surface area contributed by atoms with Crippen LogP contribution in [0.1, 0.15) is 16.7 Å². The van der Waals surface area contributed by atoms with Gasteiger partial charge in [0.2, 0.25) is 0 Å². The summed E-state index contributed by atoms with van der Waals surface area (Å²) < 4.78 is 2.07. The third-order valence-electron chi connectivity index (χ3n) is 3.95. The summed E-state index contributed by atoms with van der Waals surface area (Å²) in [6.45, 7) is 4.04. The fourth-order valence-corrected chi connectivity index (χ4v) is 2.92. The van der Waals surface area contributed by atoms with Gasteiger partial charge in [-0.3, -0.25) is 4.40 Å². The molecule has 0 saturated carbocycles. The van der Waals surface area contributed by atoms with Gasteiger partial charge in [0.15, 0.2) is 11.5 Å².